The van der Waals surface area contributed by atoms with Gasteiger partial charge in [-0.1, -0.05) is 57.4 Å². The first-order valence-electron chi connectivity index (χ1n) is 13.7. The topological polar surface area (TPSA) is 85.9 Å². The van der Waals surface area contributed by atoms with Crippen LogP contribution in [0.2, 0.25) is 0 Å². The van der Waals surface area contributed by atoms with Crippen molar-refractivity contribution in [2.24, 2.45) is 11.8 Å². The van der Waals surface area contributed by atoms with Gasteiger partial charge in [0.1, 0.15) is 12.1 Å². The fourth-order valence-corrected chi connectivity index (χ4v) is 4.90. The van der Waals surface area contributed by atoms with Gasteiger partial charge in [-0.05, 0) is 74.5 Å². The van der Waals surface area contributed by atoms with E-state index in [2.05, 4.69) is 24.6 Å². The maximum atomic E-state index is 13.1. The second-order valence-electron chi connectivity index (χ2n) is 10.6. The second-order valence-corrected chi connectivity index (χ2v) is 10.6. The van der Waals surface area contributed by atoms with Crippen molar-refractivity contribution >= 4 is 18.0 Å². The van der Waals surface area contributed by atoms with E-state index in [9.17, 15) is 9.59 Å². The molecule has 1 aromatic rings. The molecule has 2 aliphatic rings. The van der Waals surface area contributed by atoms with Gasteiger partial charge in [0.25, 0.3) is 5.91 Å². The average molecular weight is 501 g/mol. The number of carbonyl (C=O) groups is 2. The Morgan fingerprint density at radius 1 is 1.03 bits per heavy atom. The van der Waals surface area contributed by atoms with Gasteiger partial charge in [-0.2, -0.15) is 0 Å². The molecule has 2 N–H and O–H groups in total. The van der Waals surface area contributed by atoms with Crippen molar-refractivity contribution in [3.8, 4) is 0 Å². The SMILES string of the molecule is CC(C)COC(C)ONC(=O)C=Cc1cccc(CN[C@H](C(=O)OC2CCCC2)C2CCCCC2)c1. The average Bonchev–Trinajstić information content (AvgIpc) is 3.39. The first-order valence-corrected chi connectivity index (χ1v) is 13.7. The number of nitrogens with one attached hydrogen (secondary N) is 2. The highest BCUT2D eigenvalue weighted by Gasteiger charge is 2.32. The molecule has 2 fully saturated rings. The molecule has 2 saturated carbocycles. The molecule has 1 unspecified atom stereocenters. The zero-order valence-corrected chi connectivity index (χ0v) is 22.2. The van der Waals surface area contributed by atoms with E-state index < -0.39 is 6.29 Å². The molecule has 3 rings (SSSR count). The molecular weight excluding hydrogens is 456 g/mol. The summed E-state index contributed by atoms with van der Waals surface area (Å²) in [6.45, 7) is 6.98. The van der Waals surface area contributed by atoms with Crippen molar-refractivity contribution < 1.29 is 23.9 Å². The number of ether oxygens (including phenoxy) is 2. The van der Waals surface area contributed by atoms with Crippen LogP contribution in [0.15, 0.2) is 30.3 Å². The minimum atomic E-state index is -0.517. The van der Waals surface area contributed by atoms with Crippen LogP contribution in [0.5, 0.6) is 0 Å². The van der Waals surface area contributed by atoms with Gasteiger partial charge >= 0.3 is 5.97 Å². The lowest BCUT2D eigenvalue weighted by Gasteiger charge is -2.30. The minimum Gasteiger partial charge on any atom is -0.461 e. The van der Waals surface area contributed by atoms with E-state index in [1.54, 1.807) is 13.0 Å². The molecule has 2 aliphatic carbocycles. The van der Waals surface area contributed by atoms with Crippen LogP contribution >= 0.6 is 0 Å². The quantitative estimate of drug-likeness (QED) is 0.166. The monoisotopic (exact) mass is 500 g/mol. The Balaban J connectivity index is 1.52. The summed E-state index contributed by atoms with van der Waals surface area (Å²) in [5.41, 5.74) is 4.35. The van der Waals surface area contributed by atoms with E-state index in [1.807, 2.05) is 24.3 Å². The van der Waals surface area contributed by atoms with Gasteiger partial charge in [-0.15, -0.1) is 0 Å². The minimum absolute atomic E-state index is 0.0822. The summed E-state index contributed by atoms with van der Waals surface area (Å²) in [5, 5.41) is 3.51. The number of hydroxylamine groups is 1. The second kappa shape index (κ2) is 15.1. The highest BCUT2D eigenvalue weighted by Crippen LogP contribution is 2.29. The molecule has 0 aromatic heterocycles. The fourth-order valence-electron chi connectivity index (χ4n) is 4.90. The molecule has 0 aliphatic heterocycles. The van der Waals surface area contributed by atoms with Gasteiger partial charge in [-0.25, -0.2) is 10.3 Å². The van der Waals surface area contributed by atoms with Crippen molar-refractivity contribution in [1.82, 2.24) is 10.8 Å². The number of hydrogen-bond donors (Lipinski definition) is 2. The van der Waals surface area contributed by atoms with Crippen molar-refractivity contribution in [3.05, 3.63) is 41.5 Å². The lowest BCUT2D eigenvalue weighted by atomic mass is 9.83. The van der Waals surface area contributed by atoms with E-state index in [1.165, 1.54) is 25.3 Å². The van der Waals surface area contributed by atoms with Gasteiger partial charge in [0.05, 0.1) is 6.61 Å². The van der Waals surface area contributed by atoms with E-state index in [0.717, 1.165) is 49.7 Å². The van der Waals surface area contributed by atoms with Crippen LogP contribution < -0.4 is 10.8 Å². The maximum absolute atomic E-state index is 13.1. The Hall–Kier alpha value is -2.22. The number of rotatable bonds is 13. The Bertz CT molecular complexity index is 844. The number of amides is 1. The summed E-state index contributed by atoms with van der Waals surface area (Å²) in [5.74, 6) is 0.273. The summed E-state index contributed by atoms with van der Waals surface area (Å²) in [6, 6.07) is 7.68. The Morgan fingerprint density at radius 3 is 2.47 bits per heavy atom. The van der Waals surface area contributed by atoms with Crippen LogP contribution in [0.25, 0.3) is 6.08 Å². The van der Waals surface area contributed by atoms with Crippen LogP contribution in [0.1, 0.15) is 89.7 Å². The lowest BCUT2D eigenvalue weighted by Crippen LogP contribution is -2.45. The third kappa shape index (κ3) is 10.0. The molecule has 7 nitrogen and oxygen atoms in total. The molecule has 36 heavy (non-hydrogen) atoms. The number of benzene rings is 1. The standard InChI is InChI=1S/C29H44N2O5/c1-21(2)20-34-22(3)36-31-27(32)17-16-23-10-9-11-24(18-23)19-30-28(25-12-5-4-6-13-25)29(33)35-26-14-7-8-15-26/h9-11,16-18,21-22,25-26,28,30H,4-8,12-15,19-20H2,1-3H3,(H,31,32)/t22?,28-/m0/s1. The van der Waals surface area contributed by atoms with E-state index in [0.29, 0.717) is 25.0 Å². The van der Waals surface area contributed by atoms with Crippen LogP contribution in [-0.2, 0) is 30.4 Å². The van der Waals surface area contributed by atoms with Gasteiger partial charge in [0, 0.05) is 12.6 Å². The normalized spacial score (nSPS) is 19.0. The van der Waals surface area contributed by atoms with Crippen LogP contribution in [-0.4, -0.2) is 36.9 Å². The van der Waals surface area contributed by atoms with Crippen molar-refractivity contribution in [3.63, 3.8) is 0 Å². The van der Waals surface area contributed by atoms with E-state index in [4.69, 9.17) is 14.3 Å². The summed E-state index contributed by atoms with van der Waals surface area (Å²) in [6.07, 6.45) is 12.7. The molecular formula is C29H44N2O5. The van der Waals surface area contributed by atoms with Crippen LogP contribution in [0.4, 0.5) is 0 Å². The predicted octanol–water partition coefficient (Wildman–Crippen LogP) is 5.29. The summed E-state index contributed by atoms with van der Waals surface area (Å²) >= 11 is 0. The Morgan fingerprint density at radius 2 is 1.75 bits per heavy atom. The number of hydrogen-bond acceptors (Lipinski definition) is 6. The van der Waals surface area contributed by atoms with Crippen molar-refractivity contribution in [2.45, 2.75) is 104 Å². The highest BCUT2D eigenvalue weighted by atomic mass is 16.8. The van der Waals surface area contributed by atoms with Gasteiger partial charge in [0.15, 0.2) is 6.29 Å². The summed E-state index contributed by atoms with van der Waals surface area (Å²) < 4.78 is 11.4. The zero-order valence-electron chi connectivity index (χ0n) is 22.2. The third-order valence-corrected chi connectivity index (χ3v) is 6.85. The molecule has 1 amide bonds. The van der Waals surface area contributed by atoms with E-state index >= 15 is 0 Å². The number of esters is 1. The molecule has 0 heterocycles. The van der Waals surface area contributed by atoms with E-state index in [-0.39, 0.29) is 24.0 Å². The van der Waals surface area contributed by atoms with Gasteiger partial charge in [0.2, 0.25) is 0 Å². The van der Waals surface area contributed by atoms with Crippen LogP contribution in [0.3, 0.4) is 0 Å². The summed E-state index contributed by atoms with van der Waals surface area (Å²) in [7, 11) is 0. The fraction of sp³-hybridized carbons (Fsp3) is 0.655. The number of carbonyl (C=O) groups excluding carboxylic acids is 2. The molecule has 2 atom stereocenters. The van der Waals surface area contributed by atoms with Crippen molar-refractivity contribution in [2.75, 3.05) is 6.61 Å². The Kier molecular flexibility index (Phi) is 11.9. The first kappa shape index (κ1) is 28.4. The lowest BCUT2D eigenvalue weighted by molar-refractivity contribution is -0.180. The first-order chi connectivity index (χ1) is 17.4. The summed E-state index contributed by atoms with van der Waals surface area (Å²) in [4.78, 5) is 30.4. The maximum Gasteiger partial charge on any atom is 0.323 e. The zero-order chi connectivity index (χ0) is 25.8. The largest absolute Gasteiger partial charge is 0.461 e. The van der Waals surface area contributed by atoms with Crippen LogP contribution in [0, 0.1) is 11.8 Å². The predicted molar refractivity (Wildman–Crippen MR) is 141 cm³/mol. The van der Waals surface area contributed by atoms with Gasteiger partial charge < -0.3 is 14.8 Å². The molecule has 0 bridgehead atoms. The Labute approximate surface area is 216 Å². The molecule has 0 saturated heterocycles. The molecule has 1 aromatic carbocycles. The third-order valence-electron chi connectivity index (χ3n) is 6.85. The molecule has 0 spiro atoms. The van der Waals surface area contributed by atoms with Gasteiger partial charge in [-0.3, -0.25) is 9.59 Å². The highest BCUT2D eigenvalue weighted by molar-refractivity contribution is 5.90. The molecule has 200 valence electrons. The smallest absolute Gasteiger partial charge is 0.323 e. The molecule has 0 radical (unpaired) electrons. The molecule has 7 heteroatoms. The van der Waals surface area contributed by atoms with Crippen molar-refractivity contribution in [1.29, 1.82) is 0 Å².